The molecular weight excluding hydrogens is 320 g/mol. The van der Waals surface area contributed by atoms with Crippen LogP contribution in [0.1, 0.15) is 19.8 Å². The van der Waals surface area contributed by atoms with Crippen LogP contribution in [0.15, 0.2) is 24.3 Å². The lowest BCUT2D eigenvalue weighted by molar-refractivity contribution is -0.140. The summed E-state index contributed by atoms with van der Waals surface area (Å²) in [6, 6.07) is 7.16. The second-order valence-corrected chi connectivity index (χ2v) is 5.00. The van der Waals surface area contributed by atoms with Crippen molar-refractivity contribution < 1.29 is 19.1 Å². The minimum Gasteiger partial charge on any atom is -0.494 e. The van der Waals surface area contributed by atoms with Gasteiger partial charge in [-0.1, -0.05) is 6.92 Å². The number of carbonyl (C=O) groups is 2. The van der Waals surface area contributed by atoms with E-state index < -0.39 is 0 Å². The first-order chi connectivity index (χ1) is 10.6. The van der Waals surface area contributed by atoms with Crippen LogP contribution in [0.4, 0.5) is 5.69 Å². The number of methoxy groups -OCH3 is 1. The number of anilines is 1. The molecule has 0 aliphatic carbocycles. The van der Waals surface area contributed by atoms with Gasteiger partial charge in [0.15, 0.2) is 0 Å². The van der Waals surface area contributed by atoms with Gasteiger partial charge in [0.25, 0.3) is 0 Å². The number of nitrogens with one attached hydrogen (secondary N) is 2. The number of ether oxygens (including phenoxy) is 2. The molecular formula is C16H25ClN2O4. The topological polar surface area (TPSA) is 76.7 Å². The van der Waals surface area contributed by atoms with E-state index in [0.29, 0.717) is 31.7 Å². The summed E-state index contributed by atoms with van der Waals surface area (Å²) in [4.78, 5) is 22.8. The quantitative estimate of drug-likeness (QED) is 0.530. The summed E-state index contributed by atoms with van der Waals surface area (Å²) in [6.07, 6.45) is 0.945. The normalized spacial score (nSPS) is 11.1. The molecule has 1 atom stereocenters. The fourth-order valence-electron chi connectivity index (χ4n) is 1.81. The van der Waals surface area contributed by atoms with Crippen molar-refractivity contribution in [3.63, 3.8) is 0 Å². The van der Waals surface area contributed by atoms with Crippen LogP contribution in [0.3, 0.4) is 0 Å². The Morgan fingerprint density at radius 1 is 1.22 bits per heavy atom. The fourth-order valence-corrected chi connectivity index (χ4v) is 1.81. The van der Waals surface area contributed by atoms with Crippen LogP contribution < -0.4 is 15.4 Å². The third-order valence-corrected chi connectivity index (χ3v) is 3.10. The molecule has 0 aliphatic heterocycles. The van der Waals surface area contributed by atoms with Gasteiger partial charge < -0.3 is 20.1 Å². The SMILES string of the molecule is CNCC(C)C(=O)Nc1ccc(OCCCC(=O)OC)cc1.Cl. The summed E-state index contributed by atoms with van der Waals surface area (Å²) >= 11 is 0. The highest BCUT2D eigenvalue weighted by Gasteiger charge is 2.11. The predicted octanol–water partition coefficient (Wildman–Crippen LogP) is 2.23. The van der Waals surface area contributed by atoms with Crippen LogP contribution in [-0.4, -0.2) is 39.2 Å². The molecule has 0 spiro atoms. The summed E-state index contributed by atoms with van der Waals surface area (Å²) in [5.41, 5.74) is 0.731. The predicted molar refractivity (Wildman–Crippen MR) is 92.2 cm³/mol. The van der Waals surface area contributed by atoms with Gasteiger partial charge in [-0.3, -0.25) is 9.59 Å². The maximum atomic E-state index is 11.9. The monoisotopic (exact) mass is 344 g/mol. The van der Waals surface area contributed by atoms with E-state index in [1.807, 2.05) is 14.0 Å². The lowest BCUT2D eigenvalue weighted by Crippen LogP contribution is -2.28. The van der Waals surface area contributed by atoms with E-state index in [9.17, 15) is 9.59 Å². The van der Waals surface area contributed by atoms with Crippen LogP contribution >= 0.6 is 12.4 Å². The molecule has 7 heteroatoms. The van der Waals surface area contributed by atoms with E-state index >= 15 is 0 Å². The summed E-state index contributed by atoms with van der Waals surface area (Å²) < 4.78 is 10.1. The number of hydrogen-bond acceptors (Lipinski definition) is 5. The van der Waals surface area contributed by atoms with Crippen molar-refractivity contribution in [1.29, 1.82) is 0 Å². The molecule has 0 heterocycles. The van der Waals surface area contributed by atoms with E-state index in [1.165, 1.54) is 7.11 Å². The first kappa shape index (κ1) is 21.2. The zero-order valence-electron chi connectivity index (χ0n) is 13.8. The highest BCUT2D eigenvalue weighted by molar-refractivity contribution is 5.92. The third-order valence-electron chi connectivity index (χ3n) is 3.10. The van der Waals surface area contributed by atoms with Crippen molar-refractivity contribution in [3.05, 3.63) is 24.3 Å². The van der Waals surface area contributed by atoms with E-state index in [0.717, 1.165) is 5.69 Å². The standard InChI is InChI=1S/C16H24N2O4.ClH/c1-12(11-17-2)16(20)18-13-6-8-14(9-7-13)22-10-4-5-15(19)21-3;/h6-9,12,17H,4-5,10-11H2,1-3H3,(H,18,20);1H. The van der Waals surface area contributed by atoms with Crippen LogP contribution in [0.5, 0.6) is 5.75 Å². The molecule has 1 aromatic carbocycles. The molecule has 0 aliphatic rings. The Kier molecular flexibility index (Phi) is 10.8. The van der Waals surface area contributed by atoms with Crippen molar-refractivity contribution >= 4 is 30.0 Å². The van der Waals surface area contributed by atoms with Gasteiger partial charge in [0.05, 0.1) is 13.7 Å². The van der Waals surface area contributed by atoms with Gasteiger partial charge in [0.2, 0.25) is 5.91 Å². The van der Waals surface area contributed by atoms with Gasteiger partial charge in [-0.25, -0.2) is 0 Å². The third kappa shape index (κ3) is 8.42. The van der Waals surface area contributed by atoms with Crippen molar-refractivity contribution in [2.75, 3.05) is 32.6 Å². The molecule has 6 nitrogen and oxygen atoms in total. The minimum atomic E-state index is -0.239. The molecule has 2 N–H and O–H groups in total. The minimum absolute atomic E-state index is 0. The smallest absolute Gasteiger partial charge is 0.305 e. The Labute approximate surface area is 143 Å². The molecule has 23 heavy (non-hydrogen) atoms. The van der Waals surface area contributed by atoms with Gasteiger partial charge in [-0.05, 0) is 37.7 Å². The van der Waals surface area contributed by atoms with Gasteiger partial charge >= 0.3 is 5.97 Å². The van der Waals surface area contributed by atoms with E-state index in [4.69, 9.17) is 4.74 Å². The van der Waals surface area contributed by atoms with Gasteiger partial charge in [-0.15, -0.1) is 12.4 Å². The maximum Gasteiger partial charge on any atom is 0.305 e. The number of carbonyl (C=O) groups excluding carboxylic acids is 2. The van der Waals surface area contributed by atoms with Gasteiger partial charge in [-0.2, -0.15) is 0 Å². The molecule has 1 aromatic rings. The van der Waals surface area contributed by atoms with Gasteiger partial charge in [0, 0.05) is 24.6 Å². The number of halogens is 1. The van der Waals surface area contributed by atoms with E-state index in [1.54, 1.807) is 24.3 Å². The van der Waals surface area contributed by atoms with Crippen molar-refractivity contribution in [2.24, 2.45) is 5.92 Å². The van der Waals surface area contributed by atoms with Crippen molar-refractivity contribution in [1.82, 2.24) is 5.32 Å². The molecule has 0 radical (unpaired) electrons. The van der Waals surface area contributed by atoms with E-state index in [2.05, 4.69) is 15.4 Å². The number of amides is 1. The van der Waals surface area contributed by atoms with Crippen LogP contribution in [0.25, 0.3) is 0 Å². The molecule has 0 bridgehead atoms. The Morgan fingerprint density at radius 3 is 2.43 bits per heavy atom. The molecule has 1 unspecified atom stereocenters. The van der Waals surface area contributed by atoms with Gasteiger partial charge in [0.1, 0.15) is 5.75 Å². The van der Waals surface area contributed by atoms with E-state index in [-0.39, 0.29) is 30.2 Å². The largest absolute Gasteiger partial charge is 0.494 e. The molecule has 0 saturated carbocycles. The molecule has 130 valence electrons. The molecule has 0 fully saturated rings. The maximum absolute atomic E-state index is 11.9. The number of hydrogen-bond donors (Lipinski definition) is 2. The summed E-state index contributed by atoms with van der Waals surface area (Å²) in [5, 5.41) is 5.82. The lowest BCUT2D eigenvalue weighted by atomic mass is 10.1. The highest BCUT2D eigenvalue weighted by atomic mass is 35.5. The number of esters is 1. The average molecular weight is 345 g/mol. The van der Waals surface area contributed by atoms with Crippen LogP contribution in [0.2, 0.25) is 0 Å². The van der Waals surface area contributed by atoms with Crippen molar-refractivity contribution in [2.45, 2.75) is 19.8 Å². The van der Waals surface area contributed by atoms with Crippen molar-refractivity contribution in [3.8, 4) is 5.75 Å². The highest BCUT2D eigenvalue weighted by Crippen LogP contribution is 2.16. The fraction of sp³-hybridized carbons (Fsp3) is 0.500. The zero-order chi connectivity index (χ0) is 16.4. The Morgan fingerprint density at radius 2 is 1.87 bits per heavy atom. The Bertz CT molecular complexity index is 479. The lowest BCUT2D eigenvalue weighted by Gasteiger charge is -2.12. The molecule has 1 amide bonds. The summed E-state index contributed by atoms with van der Waals surface area (Å²) in [5.74, 6) is 0.337. The zero-order valence-corrected chi connectivity index (χ0v) is 14.6. The first-order valence-corrected chi connectivity index (χ1v) is 7.32. The number of benzene rings is 1. The Balaban J connectivity index is 0.00000484. The second-order valence-electron chi connectivity index (χ2n) is 5.00. The van der Waals surface area contributed by atoms with Crippen LogP contribution in [-0.2, 0) is 14.3 Å². The second kappa shape index (κ2) is 11.7. The average Bonchev–Trinajstić information content (AvgIpc) is 2.53. The number of rotatable bonds is 9. The molecule has 0 aromatic heterocycles. The van der Waals surface area contributed by atoms with Crippen LogP contribution in [0, 0.1) is 5.92 Å². The molecule has 0 saturated heterocycles. The summed E-state index contributed by atoms with van der Waals surface area (Å²) in [6.45, 7) is 2.94. The molecule has 1 rings (SSSR count). The Hall–Kier alpha value is -1.79. The first-order valence-electron chi connectivity index (χ1n) is 7.32. The summed E-state index contributed by atoms with van der Waals surface area (Å²) in [7, 11) is 3.18.